The molecule has 0 bridgehead atoms. The Morgan fingerprint density at radius 1 is 1.31 bits per heavy atom. The molecule has 0 aliphatic carbocycles. The molecule has 3 rings (SSSR count). The van der Waals surface area contributed by atoms with Gasteiger partial charge in [0.2, 0.25) is 0 Å². The van der Waals surface area contributed by atoms with Crippen LogP contribution >= 0.6 is 11.3 Å². The summed E-state index contributed by atoms with van der Waals surface area (Å²) in [6.45, 7) is 0.841. The van der Waals surface area contributed by atoms with Crippen LogP contribution in [0.3, 0.4) is 0 Å². The van der Waals surface area contributed by atoms with E-state index in [2.05, 4.69) is 33.5 Å². The molecule has 0 fully saturated rings. The minimum absolute atomic E-state index is 0.841. The molecule has 0 radical (unpaired) electrons. The summed E-state index contributed by atoms with van der Waals surface area (Å²) in [4.78, 5) is 7.30. The second kappa shape index (κ2) is 3.98. The summed E-state index contributed by atoms with van der Waals surface area (Å²) < 4.78 is 1.22. The van der Waals surface area contributed by atoms with Gasteiger partial charge in [-0.25, -0.2) is 4.98 Å². The molecule has 2 heterocycles. The van der Waals surface area contributed by atoms with E-state index >= 15 is 0 Å². The van der Waals surface area contributed by atoms with E-state index < -0.39 is 0 Å². The van der Waals surface area contributed by atoms with Crippen LogP contribution in [0, 0.1) is 0 Å². The molecule has 0 saturated carbocycles. The molecule has 3 nitrogen and oxygen atoms in total. The van der Waals surface area contributed by atoms with Crippen molar-refractivity contribution in [3.63, 3.8) is 0 Å². The minimum Gasteiger partial charge on any atom is -0.381 e. The topological polar surface area (TPSA) is 40.7 Å². The minimum atomic E-state index is 0.841. The highest BCUT2D eigenvalue weighted by molar-refractivity contribution is 7.16. The molecule has 2 N–H and O–H groups in total. The monoisotopic (exact) mass is 229 g/mol. The standard InChI is InChI=1S/C12H11N3S/c1-2-11-12(16-8-15-11)5-10(1)14-7-9-3-4-13-6-9/h1-6,8,13-14H,7H2. The Balaban J connectivity index is 1.78. The number of nitrogens with zero attached hydrogens (tertiary/aromatic N) is 1. The van der Waals surface area contributed by atoms with Crippen molar-refractivity contribution in [1.29, 1.82) is 0 Å². The van der Waals surface area contributed by atoms with Crippen LogP contribution in [0.4, 0.5) is 5.69 Å². The van der Waals surface area contributed by atoms with Gasteiger partial charge in [-0.15, -0.1) is 11.3 Å². The number of benzene rings is 1. The first-order valence-electron chi connectivity index (χ1n) is 5.10. The van der Waals surface area contributed by atoms with E-state index in [1.165, 1.54) is 10.3 Å². The highest BCUT2D eigenvalue weighted by Crippen LogP contribution is 2.22. The van der Waals surface area contributed by atoms with Gasteiger partial charge >= 0.3 is 0 Å². The maximum absolute atomic E-state index is 4.26. The number of aromatic amines is 1. The first kappa shape index (κ1) is 9.42. The van der Waals surface area contributed by atoms with Crippen molar-refractivity contribution in [2.24, 2.45) is 0 Å². The quantitative estimate of drug-likeness (QED) is 0.724. The van der Waals surface area contributed by atoms with Crippen LogP contribution in [0.1, 0.15) is 5.56 Å². The molecule has 0 atom stereocenters. The van der Waals surface area contributed by atoms with Crippen molar-refractivity contribution in [2.45, 2.75) is 6.54 Å². The number of rotatable bonds is 3. The van der Waals surface area contributed by atoms with Crippen molar-refractivity contribution < 1.29 is 0 Å². The fourth-order valence-electron chi connectivity index (χ4n) is 1.64. The Kier molecular flexibility index (Phi) is 2.34. The molecule has 1 aromatic carbocycles. The van der Waals surface area contributed by atoms with Crippen molar-refractivity contribution in [2.75, 3.05) is 5.32 Å². The van der Waals surface area contributed by atoms with Crippen LogP contribution in [0.5, 0.6) is 0 Å². The normalized spacial score (nSPS) is 10.8. The summed E-state index contributed by atoms with van der Waals surface area (Å²) >= 11 is 1.67. The average Bonchev–Trinajstić information content (AvgIpc) is 2.97. The summed E-state index contributed by atoms with van der Waals surface area (Å²) in [5.74, 6) is 0. The van der Waals surface area contributed by atoms with E-state index in [0.717, 1.165) is 17.7 Å². The molecule has 2 aromatic heterocycles. The highest BCUT2D eigenvalue weighted by atomic mass is 32.1. The van der Waals surface area contributed by atoms with Gasteiger partial charge in [-0.05, 0) is 29.8 Å². The van der Waals surface area contributed by atoms with Gasteiger partial charge in [0, 0.05) is 24.6 Å². The number of thiazole rings is 1. The summed E-state index contributed by atoms with van der Waals surface area (Å²) in [7, 11) is 0. The lowest BCUT2D eigenvalue weighted by molar-refractivity contribution is 1.15. The van der Waals surface area contributed by atoms with Gasteiger partial charge in [-0.1, -0.05) is 0 Å². The van der Waals surface area contributed by atoms with Gasteiger partial charge in [-0.3, -0.25) is 0 Å². The third-order valence-corrected chi connectivity index (χ3v) is 3.28. The van der Waals surface area contributed by atoms with E-state index in [9.17, 15) is 0 Å². The van der Waals surface area contributed by atoms with Crippen LogP contribution in [0.25, 0.3) is 10.2 Å². The lowest BCUT2D eigenvalue weighted by atomic mass is 10.3. The third-order valence-electron chi connectivity index (χ3n) is 2.49. The number of H-pyrrole nitrogens is 1. The van der Waals surface area contributed by atoms with E-state index in [1.54, 1.807) is 11.3 Å². The van der Waals surface area contributed by atoms with Crippen LogP contribution in [0.15, 0.2) is 42.2 Å². The number of anilines is 1. The molecule has 0 amide bonds. The molecule has 0 aliphatic heterocycles. The van der Waals surface area contributed by atoms with Gasteiger partial charge in [0.1, 0.15) is 0 Å². The largest absolute Gasteiger partial charge is 0.381 e. The number of hydrogen-bond donors (Lipinski definition) is 2. The summed E-state index contributed by atoms with van der Waals surface area (Å²) in [5.41, 5.74) is 5.33. The SMILES string of the molecule is c1cc(CNc2ccc3ncsc3c2)c[nH]1. The highest BCUT2D eigenvalue weighted by Gasteiger charge is 1.98. The molecular formula is C12H11N3S. The molecule has 0 spiro atoms. The number of fused-ring (bicyclic) bond motifs is 1. The first-order valence-corrected chi connectivity index (χ1v) is 5.98. The summed E-state index contributed by atoms with van der Waals surface area (Å²) in [6.07, 6.45) is 3.93. The van der Waals surface area contributed by atoms with E-state index in [4.69, 9.17) is 0 Å². The Labute approximate surface area is 97.2 Å². The Morgan fingerprint density at radius 3 is 3.19 bits per heavy atom. The lowest BCUT2D eigenvalue weighted by Crippen LogP contribution is -1.97. The zero-order valence-electron chi connectivity index (χ0n) is 8.60. The van der Waals surface area contributed by atoms with Crippen molar-refractivity contribution >= 4 is 27.2 Å². The first-order chi connectivity index (χ1) is 7.92. The molecule has 80 valence electrons. The Morgan fingerprint density at radius 2 is 2.31 bits per heavy atom. The number of aromatic nitrogens is 2. The second-order valence-corrected chi connectivity index (χ2v) is 4.49. The summed E-state index contributed by atoms with van der Waals surface area (Å²) in [5, 5.41) is 3.39. The van der Waals surface area contributed by atoms with Gasteiger partial charge in [0.05, 0.1) is 15.7 Å². The average molecular weight is 229 g/mol. The fraction of sp³-hybridized carbons (Fsp3) is 0.0833. The van der Waals surface area contributed by atoms with Crippen molar-refractivity contribution in [3.05, 3.63) is 47.7 Å². The van der Waals surface area contributed by atoms with Crippen LogP contribution in [-0.4, -0.2) is 9.97 Å². The van der Waals surface area contributed by atoms with Gasteiger partial charge in [-0.2, -0.15) is 0 Å². The zero-order chi connectivity index (χ0) is 10.8. The maximum Gasteiger partial charge on any atom is 0.0813 e. The number of hydrogen-bond acceptors (Lipinski definition) is 3. The predicted molar refractivity (Wildman–Crippen MR) is 67.7 cm³/mol. The second-order valence-electron chi connectivity index (χ2n) is 3.61. The lowest BCUT2D eigenvalue weighted by Gasteiger charge is -2.04. The van der Waals surface area contributed by atoms with E-state index in [0.29, 0.717) is 0 Å². The smallest absolute Gasteiger partial charge is 0.0813 e. The molecule has 0 aliphatic rings. The van der Waals surface area contributed by atoms with Crippen LogP contribution in [-0.2, 0) is 6.54 Å². The molecule has 0 unspecified atom stereocenters. The molecular weight excluding hydrogens is 218 g/mol. The zero-order valence-corrected chi connectivity index (χ0v) is 9.42. The van der Waals surface area contributed by atoms with Gasteiger partial charge in [0.15, 0.2) is 0 Å². The summed E-state index contributed by atoms with van der Waals surface area (Å²) in [6, 6.07) is 8.32. The Bertz CT molecular complexity index is 583. The molecule has 0 saturated heterocycles. The Hall–Kier alpha value is -1.81. The van der Waals surface area contributed by atoms with Gasteiger partial charge < -0.3 is 10.3 Å². The third kappa shape index (κ3) is 1.79. The molecule has 3 aromatic rings. The fourth-order valence-corrected chi connectivity index (χ4v) is 2.35. The molecule has 4 heteroatoms. The number of nitrogens with one attached hydrogen (secondary N) is 2. The van der Waals surface area contributed by atoms with E-state index in [-0.39, 0.29) is 0 Å². The van der Waals surface area contributed by atoms with Gasteiger partial charge in [0.25, 0.3) is 0 Å². The maximum atomic E-state index is 4.26. The van der Waals surface area contributed by atoms with Crippen LogP contribution < -0.4 is 5.32 Å². The van der Waals surface area contributed by atoms with E-state index in [1.807, 2.05) is 24.0 Å². The van der Waals surface area contributed by atoms with Crippen molar-refractivity contribution in [3.8, 4) is 0 Å². The predicted octanol–water partition coefficient (Wildman–Crippen LogP) is 3.24. The van der Waals surface area contributed by atoms with Crippen LogP contribution in [0.2, 0.25) is 0 Å². The van der Waals surface area contributed by atoms with Crippen molar-refractivity contribution in [1.82, 2.24) is 9.97 Å². The molecule has 16 heavy (non-hydrogen) atoms.